The molecule has 0 spiro atoms. The topological polar surface area (TPSA) is 80.3 Å². The van der Waals surface area contributed by atoms with Crippen molar-refractivity contribution in [3.63, 3.8) is 0 Å². The van der Waals surface area contributed by atoms with Crippen molar-refractivity contribution < 1.29 is 33.2 Å². The third kappa shape index (κ3) is 5.73. The number of esters is 1. The molecule has 0 aliphatic carbocycles. The summed E-state index contributed by atoms with van der Waals surface area (Å²) in [5, 5.41) is 0.257. The Labute approximate surface area is 158 Å². The van der Waals surface area contributed by atoms with Crippen molar-refractivity contribution in [2.24, 2.45) is 0 Å². The summed E-state index contributed by atoms with van der Waals surface area (Å²) in [7, 11) is -3.82. The molecule has 2 aromatic carbocycles. The summed E-state index contributed by atoms with van der Waals surface area (Å²) in [6.45, 7) is 5.84. The Kier molecular flexibility index (Phi) is 8.16. The van der Waals surface area contributed by atoms with Crippen LogP contribution in [0.4, 0.5) is 0 Å². The van der Waals surface area contributed by atoms with Gasteiger partial charge in [-0.1, -0.05) is 18.2 Å². The molecule has 145 valence electrons. The number of carbonyl (C=O) groups is 1. The predicted octanol–water partition coefficient (Wildman–Crippen LogP) is 4.09. The smallest absolute Gasteiger partial charge is 0.414 e. The minimum atomic E-state index is -3.82. The van der Waals surface area contributed by atoms with Gasteiger partial charge in [0.15, 0.2) is 0 Å². The molecule has 0 saturated heterocycles. The monoisotopic (exact) mass is 393 g/mol. The van der Waals surface area contributed by atoms with Crippen LogP contribution in [0.2, 0.25) is 0 Å². The lowest BCUT2D eigenvalue weighted by Crippen LogP contribution is -2.12. The molecule has 0 bridgehead atoms. The molecule has 2 rings (SSSR count). The third-order valence-electron chi connectivity index (χ3n) is 3.35. The maximum absolute atomic E-state index is 13.0. The Morgan fingerprint density at radius 3 is 2.15 bits per heavy atom. The first-order valence-corrected chi connectivity index (χ1v) is 10.1. The molecule has 0 heterocycles. The van der Waals surface area contributed by atoms with E-state index >= 15 is 0 Å². The largest absolute Gasteiger partial charge is 0.462 e. The molecule has 0 aromatic heterocycles. The lowest BCUT2D eigenvalue weighted by atomic mass is 10.0. The van der Waals surface area contributed by atoms with Crippen LogP contribution in [-0.2, 0) is 28.4 Å². The molecule has 0 N–H and O–H groups in total. The van der Waals surface area contributed by atoms with Gasteiger partial charge >= 0.3 is 13.6 Å². The van der Waals surface area contributed by atoms with Gasteiger partial charge in [-0.25, -0.2) is 19.1 Å². The van der Waals surface area contributed by atoms with Crippen LogP contribution in [0.1, 0.15) is 31.1 Å². The molecule has 0 saturated carbocycles. The third-order valence-corrected chi connectivity index (χ3v) is 4.86. The molecule has 7 nitrogen and oxygen atoms in total. The van der Waals surface area contributed by atoms with Crippen molar-refractivity contribution in [2.45, 2.75) is 20.8 Å². The fourth-order valence-corrected chi connectivity index (χ4v) is 3.36. The normalized spacial score (nSPS) is 11.4. The Balaban J connectivity index is 2.29. The second-order valence-corrected chi connectivity index (χ2v) is 7.03. The predicted molar refractivity (Wildman–Crippen MR) is 99.3 cm³/mol. The van der Waals surface area contributed by atoms with Crippen LogP contribution in [0, 0.1) is 6.07 Å². The minimum Gasteiger partial charge on any atom is -0.462 e. The molecule has 1 radical (unpaired) electrons. The van der Waals surface area contributed by atoms with Gasteiger partial charge in [0.1, 0.15) is 0 Å². The van der Waals surface area contributed by atoms with Crippen LogP contribution < -0.4 is 5.30 Å². The minimum absolute atomic E-state index is 0.195. The lowest BCUT2D eigenvalue weighted by molar-refractivity contribution is -0.260. The van der Waals surface area contributed by atoms with Gasteiger partial charge in [-0.05, 0) is 62.2 Å². The van der Waals surface area contributed by atoms with Gasteiger partial charge in [0.05, 0.1) is 30.7 Å². The van der Waals surface area contributed by atoms with Crippen LogP contribution in [-0.4, -0.2) is 25.8 Å². The summed E-state index contributed by atoms with van der Waals surface area (Å²) >= 11 is 0. The average molecular weight is 393 g/mol. The van der Waals surface area contributed by atoms with Crippen molar-refractivity contribution in [3.05, 3.63) is 54.1 Å². The van der Waals surface area contributed by atoms with Crippen molar-refractivity contribution >= 4 is 18.9 Å². The molecule has 0 fully saturated rings. The maximum Gasteiger partial charge on any atom is 0.414 e. The summed E-state index contributed by atoms with van der Waals surface area (Å²) in [5.74, 6) is -0.387. The van der Waals surface area contributed by atoms with Gasteiger partial charge in [-0.3, -0.25) is 0 Å². The molecule has 27 heavy (non-hydrogen) atoms. The molecule has 0 aliphatic heterocycles. The SMILES string of the molecule is CCOOP(=O)(OOCC)c1cc[c]c(-c2ccc(C(=O)OCC)cc2)c1. The van der Waals surface area contributed by atoms with Crippen LogP contribution in [0.3, 0.4) is 0 Å². The van der Waals surface area contributed by atoms with E-state index in [0.29, 0.717) is 17.7 Å². The van der Waals surface area contributed by atoms with E-state index in [1.807, 2.05) is 0 Å². The highest BCUT2D eigenvalue weighted by Crippen LogP contribution is 2.48. The number of rotatable bonds is 10. The van der Waals surface area contributed by atoms with Crippen LogP contribution in [0.5, 0.6) is 0 Å². The Hall–Kier alpha value is -2.02. The summed E-state index contributed by atoms with van der Waals surface area (Å²) in [6.07, 6.45) is 0. The molecule has 0 aliphatic rings. The zero-order chi connectivity index (χ0) is 19.7. The van der Waals surface area contributed by atoms with E-state index in [1.165, 1.54) is 0 Å². The second-order valence-electron chi connectivity index (χ2n) is 5.22. The maximum atomic E-state index is 13.0. The van der Waals surface area contributed by atoms with Crippen molar-refractivity contribution in [1.82, 2.24) is 0 Å². The highest BCUT2D eigenvalue weighted by atomic mass is 31.2. The summed E-state index contributed by atoms with van der Waals surface area (Å²) < 4.78 is 27.9. The van der Waals surface area contributed by atoms with Gasteiger partial charge in [-0.2, -0.15) is 0 Å². The Bertz CT molecular complexity index is 777. The van der Waals surface area contributed by atoms with Gasteiger partial charge in [0.25, 0.3) is 0 Å². The fourth-order valence-electron chi connectivity index (χ4n) is 2.13. The number of hydrogen-bond acceptors (Lipinski definition) is 7. The van der Waals surface area contributed by atoms with E-state index < -0.39 is 7.60 Å². The summed E-state index contributed by atoms with van der Waals surface area (Å²) in [5.41, 5.74) is 1.86. The van der Waals surface area contributed by atoms with E-state index in [0.717, 1.165) is 5.56 Å². The molecule has 0 unspecified atom stereocenters. The van der Waals surface area contributed by atoms with Gasteiger partial charge in [0.2, 0.25) is 0 Å². The first-order chi connectivity index (χ1) is 13.0. The van der Waals surface area contributed by atoms with Gasteiger partial charge in [-0.15, -0.1) is 9.35 Å². The average Bonchev–Trinajstić information content (AvgIpc) is 2.71. The van der Waals surface area contributed by atoms with Crippen LogP contribution >= 0.6 is 7.60 Å². The first kappa shape index (κ1) is 21.3. The molecular formula is C19H22O7P. The highest BCUT2D eigenvalue weighted by Gasteiger charge is 2.31. The van der Waals surface area contributed by atoms with E-state index in [1.54, 1.807) is 63.2 Å². The molecule has 8 heteroatoms. The van der Waals surface area contributed by atoms with E-state index in [2.05, 4.69) is 6.07 Å². The van der Waals surface area contributed by atoms with Crippen LogP contribution in [0.15, 0.2) is 42.5 Å². The van der Waals surface area contributed by atoms with Crippen LogP contribution in [0.25, 0.3) is 11.1 Å². The Morgan fingerprint density at radius 2 is 1.59 bits per heavy atom. The molecule has 2 aromatic rings. The number of carbonyl (C=O) groups excluding carboxylic acids is 1. The number of benzene rings is 2. The van der Waals surface area contributed by atoms with E-state index in [9.17, 15) is 9.36 Å². The Morgan fingerprint density at radius 1 is 0.963 bits per heavy atom. The molecule has 0 atom stereocenters. The second kappa shape index (κ2) is 10.3. The number of hydrogen-bond donors (Lipinski definition) is 0. The van der Waals surface area contributed by atoms with Gasteiger partial charge in [0, 0.05) is 0 Å². The summed E-state index contributed by atoms with van der Waals surface area (Å²) in [4.78, 5) is 21.4. The lowest BCUT2D eigenvalue weighted by Gasteiger charge is -2.16. The quantitative estimate of drug-likeness (QED) is 0.260. The number of ether oxygens (including phenoxy) is 1. The first-order valence-electron chi connectivity index (χ1n) is 8.56. The molecular weight excluding hydrogens is 371 g/mol. The zero-order valence-electron chi connectivity index (χ0n) is 15.5. The van der Waals surface area contributed by atoms with E-state index in [4.69, 9.17) is 23.9 Å². The zero-order valence-corrected chi connectivity index (χ0v) is 16.4. The van der Waals surface area contributed by atoms with Crippen molar-refractivity contribution in [3.8, 4) is 11.1 Å². The van der Waals surface area contributed by atoms with Gasteiger partial charge < -0.3 is 4.74 Å². The molecule has 0 amide bonds. The summed E-state index contributed by atoms with van der Waals surface area (Å²) in [6, 6.07) is 14.6. The standard InChI is InChI=1S/C19H22O7P/c1-4-22-19(20)16-12-10-15(11-13-16)17-8-7-9-18(14-17)27(21,25-23-5-2)26-24-6-3/h7,9-14H,4-6H2,1-3H3. The fraction of sp³-hybridized carbons (Fsp3) is 0.316. The highest BCUT2D eigenvalue weighted by molar-refractivity contribution is 7.62. The van der Waals surface area contributed by atoms with E-state index in [-0.39, 0.29) is 24.5 Å². The van der Waals surface area contributed by atoms with Crippen molar-refractivity contribution in [2.75, 3.05) is 19.8 Å². The van der Waals surface area contributed by atoms with Crippen molar-refractivity contribution in [1.29, 1.82) is 0 Å².